The molecule has 1 N–H and O–H groups in total. The van der Waals surface area contributed by atoms with E-state index in [1.807, 2.05) is 6.92 Å². The van der Waals surface area contributed by atoms with Crippen LogP contribution in [0.25, 0.3) is 0 Å². The van der Waals surface area contributed by atoms with Crippen molar-refractivity contribution < 1.29 is 8.42 Å². The normalized spacial score (nSPS) is 19.9. The van der Waals surface area contributed by atoms with Gasteiger partial charge in [0.2, 0.25) is 10.0 Å². The monoisotopic (exact) mass is 330 g/mol. The van der Waals surface area contributed by atoms with Crippen LogP contribution in [0.2, 0.25) is 5.02 Å². The fraction of sp³-hybridized carbons (Fsp3) is 0.600. The van der Waals surface area contributed by atoms with Crippen LogP contribution in [0, 0.1) is 6.92 Å². The Morgan fingerprint density at radius 2 is 2.14 bits per heavy atom. The molecule has 0 aliphatic carbocycles. The van der Waals surface area contributed by atoms with Crippen molar-refractivity contribution >= 4 is 21.6 Å². The molecular weight excluding hydrogens is 308 g/mol. The maximum absolute atomic E-state index is 12.8. The van der Waals surface area contributed by atoms with Crippen LogP contribution in [0.4, 0.5) is 0 Å². The van der Waals surface area contributed by atoms with Crippen molar-refractivity contribution in [3.05, 3.63) is 28.8 Å². The number of nitrogens with zero attached hydrogens (tertiary/aromatic N) is 1. The van der Waals surface area contributed by atoms with Crippen molar-refractivity contribution in [2.75, 3.05) is 19.6 Å². The lowest BCUT2D eigenvalue weighted by molar-refractivity contribution is 0.319. The van der Waals surface area contributed by atoms with Gasteiger partial charge in [0.25, 0.3) is 0 Å². The first-order valence-electron chi connectivity index (χ1n) is 7.45. The van der Waals surface area contributed by atoms with E-state index < -0.39 is 10.0 Å². The molecule has 1 fully saturated rings. The summed E-state index contributed by atoms with van der Waals surface area (Å²) in [5.74, 6) is 0. The molecule has 118 valence electrons. The molecule has 0 saturated carbocycles. The summed E-state index contributed by atoms with van der Waals surface area (Å²) in [7, 11) is -3.46. The van der Waals surface area contributed by atoms with E-state index in [-0.39, 0.29) is 6.04 Å². The van der Waals surface area contributed by atoms with Gasteiger partial charge in [-0.25, -0.2) is 8.42 Å². The fourth-order valence-electron chi connectivity index (χ4n) is 2.76. The molecule has 0 amide bonds. The summed E-state index contributed by atoms with van der Waals surface area (Å²) in [4.78, 5) is 0.351. The van der Waals surface area contributed by atoms with Crippen LogP contribution in [-0.4, -0.2) is 38.4 Å². The number of hydrogen-bond acceptors (Lipinski definition) is 3. The molecule has 21 heavy (non-hydrogen) atoms. The fourth-order valence-corrected chi connectivity index (χ4v) is 4.69. The van der Waals surface area contributed by atoms with Gasteiger partial charge in [0.1, 0.15) is 0 Å². The summed E-state index contributed by atoms with van der Waals surface area (Å²) in [5, 5.41) is 3.96. The maximum atomic E-state index is 12.8. The Kier molecular flexibility index (Phi) is 5.66. The SMILES string of the molecule is CCN(CC1CCCCN1)S(=O)(=O)c1ccc(Cl)cc1C. The van der Waals surface area contributed by atoms with Crippen molar-refractivity contribution in [2.24, 2.45) is 0 Å². The largest absolute Gasteiger partial charge is 0.313 e. The molecular formula is C15H23ClN2O2S. The van der Waals surface area contributed by atoms with Crippen molar-refractivity contribution in [3.8, 4) is 0 Å². The maximum Gasteiger partial charge on any atom is 0.243 e. The number of sulfonamides is 1. The molecule has 2 rings (SSSR count). The zero-order chi connectivity index (χ0) is 15.5. The molecule has 1 saturated heterocycles. The van der Waals surface area contributed by atoms with Crippen LogP contribution in [-0.2, 0) is 10.0 Å². The zero-order valence-corrected chi connectivity index (χ0v) is 14.2. The molecule has 1 unspecified atom stereocenters. The number of halogens is 1. The zero-order valence-electron chi connectivity index (χ0n) is 12.6. The van der Waals surface area contributed by atoms with Gasteiger partial charge in [-0.15, -0.1) is 0 Å². The highest BCUT2D eigenvalue weighted by molar-refractivity contribution is 7.89. The van der Waals surface area contributed by atoms with Crippen LogP contribution in [0.3, 0.4) is 0 Å². The minimum absolute atomic E-state index is 0.251. The molecule has 0 radical (unpaired) electrons. The minimum atomic E-state index is -3.46. The second kappa shape index (κ2) is 7.09. The predicted molar refractivity (Wildman–Crippen MR) is 86.3 cm³/mol. The van der Waals surface area contributed by atoms with Crippen molar-refractivity contribution in [3.63, 3.8) is 0 Å². The summed E-state index contributed by atoms with van der Waals surface area (Å²) in [5.41, 5.74) is 0.692. The molecule has 1 aliphatic heterocycles. The van der Waals surface area contributed by atoms with Gasteiger partial charge in [-0.2, -0.15) is 4.31 Å². The number of likely N-dealkylation sites (N-methyl/N-ethyl adjacent to an activating group) is 1. The van der Waals surface area contributed by atoms with E-state index in [0.29, 0.717) is 28.6 Å². The minimum Gasteiger partial charge on any atom is -0.313 e. The van der Waals surface area contributed by atoms with Gasteiger partial charge in [0.05, 0.1) is 4.90 Å². The number of piperidine rings is 1. The molecule has 1 atom stereocenters. The average Bonchev–Trinajstić information content (AvgIpc) is 2.45. The van der Waals surface area contributed by atoms with Gasteiger partial charge < -0.3 is 5.32 Å². The molecule has 0 spiro atoms. The Morgan fingerprint density at radius 1 is 1.38 bits per heavy atom. The van der Waals surface area contributed by atoms with Crippen LogP contribution in [0.1, 0.15) is 31.7 Å². The Bertz CT molecular complexity index is 583. The Morgan fingerprint density at radius 3 is 2.71 bits per heavy atom. The molecule has 1 heterocycles. The van der Waals surface area contributed by atoms with E-state index in [4.69, 9.17) is 11.6 Å². The second-order valence-electron chi connectivity index (χ2n) is 5.51. The Hall–Kier alpha value is -0.620. The third-order valence-electron chi connectivity index (χ3n) is 3.94. The second-order valence-corrected chi connectivity index (χ2v) is 7.86. The lowest BCUT2D eigenvalue weighted by Crippen LogP contribution is -2.45. The summed E-state index contributed by atoms with van der Waals surface area (Å²) < 4.78 is 27.2. The molecule has 1 aromatic carbocycles. The van der Waals surface area contributed by atoms with Crippen LogP contribution >= 0.6 is 11.6 Å². The first-order chi connectivity index (χ1) is 9.95. The van der Waals surface area contributed by atoms with Gasteiger partial charge in [-0.05, 0) is 50.1 Å². The number of aryl methyl sites for hydroxylation is 1. The van der Waals surface area contributed by atoms with E-state index >= 15 is 0 Å². The lowest BCUT2D eigenvalue weighted by atomic mass is 10.1. The quantitative estimate of drug-likeness (QED) is 0.903. The Labute approximate surface area is 132 Å². The van der Waals surface area contributed by atoms with E-state index in [1.165, 1.54) is 6.42 Å². The predicted octanol–water partition coefficient (Wildman–Crippen LogP) is 2.80. The first-order valence-corrected chi connectivity index (χ1v) is 9.26. The highest BCUT2D eigenvalue weighted by Gasteiger charge is 2.27. The summed E-state index contributed by atoms with van der Waals surface area (Å²) >= 11 is 5.92. The smallest absolute Gasteiger partial charge is 0.243 e. The van der Waals surface area contributed by atoms with E-state index in [9.17, 15) is 8.42 Å². The van der Waals surface area contributed by atoms with E-state index in [1.54, 1.807) is 29.4 Å². The topological polar surface area (TPSA) is 49.4 Å². The van der Waals surface area contributed by atoms with Gasteiger partial charge in [-0.1, -0.05) is 24.9 Å². The molecule has 0 bridgehead atoms. The first kappa shape index (κ1) is 16.7. The number of hydrogen-bond donors (Lipinski definition) is 1. The summed E-state index contributed by atoms with van der Waals surface area (Å²) in [6.45, 7) is 5.64. The molecule has 6 heteroatoms. The standard InChI is InChI=1S/C15H23ClN2O2S/c1-3-18(11-14-6-4-5-9-17-14)21(19,20)15-8-7-13(16)10-12(15)2/h7-8,10,14,17H,3-6,9,11H2,1-2H3. The van der Waals surface area contributed by atoms with Crippen LogP contribution in [0.15, 0.2) is 23.1 Å². The van der Waals surface area contributed by atoms with E-state index in [2.05, 4.69) is 5.32 Å². The highest BCUT2D eigenvalue weighted by atomic mass is 35.5. The van der Waals surface area contributed by atoms with Crippen LogP contribution in [0.5, 0.6) is 0 Å². The highest BCUT2D eigenvalue weighted by Crippen LogP contribution is 2.23. The van der Waals surface area contributed by atoms with Crippen molar-refractivity contribution in [1.82, 2.24) is 9.62 Å². The lowest BCUT2D eigenvalue weighted by Gasteiger charge is -2.29. The Balaban J connectivity index is 2.22. The molecule has 1 aromatic rings. The third-order valence-corrected chi connectivity index (χ3v) is 6.28. The van der Waals surface area contributed by atoms with Crippen LogP contribution < -0.4 is 5.32 Å². The van der Waals surface area contributed by atoms with Crippen molar-refractivity contribution in [1.29, 1.82) is 0 Å². The summed E-state index contributed by atoms with van der Waals surface area (Å²) in [6.07, 6.45) is 3.37. The number of rotatable bonds is 5. The molecule has 1 aliphatic rings. The number of benzene rings is 1. The molecule has 4 nitrogen and oxygen atoms in total. The number of nitrogens with one attached hydrogen (secondary N) is 1. The van der Waals surface area contributed by atoms with Gasteiger partial charge >= 0.3 is 0 Å². The van der Waals surface area contributed by atoms with Gasteiger partial charge in [0, 0.05) is 24.2 Å². The van der Waals surface area contributed by atoms with E-state index in [0.717, 1.165) is 19.4 Å². The summed E-state index contributed by atoms with van der Waals surface area (Å²) in [6, 6.07) is 5.18. The average molecular weight is 331 g/mol. The van der Waals surface area contributed by atoms with Crippen molar-refractivity contribution in [2.45, 2.75) is 44.0 Å². The van der Waals surface area contributed by atoms with Gasteiger partial charge in [0.15, 0.2) is 0 Å². The molecule has 0 aromatic heterocycles. The third kappa shape index (κ3) is 3.97. The van der Waals surface area contributed by atoms with Gasteiger partial charge in [-0.3, -0.25) is 0 Å².